The van der Waals surface area contributed by atoms with Crippen molar-refractivity contribution in [2.45, 2.75) is 64.7 Å². The summed E-state index contributed by atoms with van der Waals surface area (Å²) >= 11 is 0. The average molecular weight is 320 g/mol. The number of carbonyl (C=O) groups excluding carboxylic acids is 2. The van der Waals surface area contributed by atoms with E-state index in [4.69, 9.17) is 4.74 Å². The van der Waals surface area contributed by atoms with Gasteiger partial charge < -0.3 is 10.1 Å². The zero-order valence-corrected chi connectivity index (χ0v) is 14.3. The van der Waals surface area contributed by atoms with Crippen molar-refractivity contribution in [2.24, 2.45) is 0 Å². The summed E-state index contributed by atoms with van der Waals surface area (Å²) in [7, 11) is 1.51. The molecule has 0 saturated carbocycles. The van der Waals surface area contributed by atoms with E-state index in [9.17, 15) is 9.59 Å². The van der Waals surface area contributed by atoms with Crippen LogP contribution in [-0.4, -0.2) is 23.8 Å². The van der Waals surface area contributed by atoms with Crippen LogP contribution in [0.2, 0.25) is 0 Å². The monoisotopic (exact) mass is 320 g/mol. The highest BCUT2D eigenvalue weighted by atomic mass is 16.5. The summed E-state index contributed by atoms with van der Waals surface area (Å²) < 4.78 is 4.99. The van der Waals surface area contributed by atoms with Crippen LogP contribution < -0.4 is 10.1 Å². The van der Waals surface area contributed by atoms with Gasteiger partial charge in [0.2, 0.25) is 11.8 Å². The number of rotatable bonds is 12. The number of anilines is 1. The molecule has 23 heavy (non-hydrogen) atoms. The van der Waals surface area contributed by atoms with Gasteiger partial charge >= 0.3 is 0 Å². The number of pyridine rings is 1. The molecule has 1 amide bonds. The van der Waals surface area contributed by atoms with Gasteiger partial charge in [0.1, 0.15) is 5.78 Å². The largest absolute Gasteiger partial charge is 0.481 e. The van der Waals surface area contributed by atoms with E-state index >= 15 is 0 Å². The molecule has 0 bridgehead atoms. The highest BCUT2D eigenvalue weighted by molar-refractivity contribution is 6.04. The number of ether oxygens (including phenoxy) is 1. The van der Waals surface area contributed by atoms with Crippen molar-refractivity contribution in [3.63, 3.8) is 0 Å². The molecule has 0 aliphatic rings. The fraction of sp³-hybridized carbons (Fsp3) is 0.611. The summed E-state index contributed by atoms with van der Waals surface area (Å²) in [4.78, 5) is 27.6. The van der Waals surface area contributed by atoms with Crippen LogP contribution in [0.5, 0.6) is 5.88 Å². The molecule has 0 spiro atoms. The van der Waals surface area contributed by atoms with E-state index in [1.807, 2.05) is 0 Å². The number of methoxy groups -OCH3 is 1. The van der Waals surface area contributed by atoms with Crippen molar-refractivity contribution in [2.75, 3.05) is 12.4 Å². The quantitative estimate of drug-likeness (QED) is 0.464. The van der Waals surface area contributed by atoms with Gasteiger partial charge in [-0.2, -0.15) is 0 Å². The van der Waals surface area contributed by atoms with E-state index in [-0.39, 0.29) is 18.1 Å². The predicted octanol–water partition coefficient (Wildman–Crippen LogP) is 4.13. The van der Waals surface area contributed by atoms with Gasteiger partial charge in [-0.3, -0.25) is 9.59 Å². The van der Waals surface area contributed by atoms with Crippen molar-refractivity contribution in [1.29, 1.82) is 0 Å². The predicted molar refractivity (Wildman–Crippen MR) is 91.7 cm³/mol. The maximum Gasteiger partial charge on any atom is 0.231 e. The lowest BCUT2D eigenvalue weighted by Gasteiger charge is -2.06. The molecule has 1 rings (SSSR count). The lowest BCUT2D eigenvalue weighted by molar-refractivity contribution is -0.125. The minimum Gasteiger partial charge on any atom is -0.481 e. The van der Waals surface area contributed by atoms with Gasteiger partial charge in [-0.05, 0) is 12.5 Å². The van der Waals surface area contributed by atoms with E-state index in [2.05, 4.69) is 17.2 Å². The Labute approximate surface area is 138 Å². The molecule has 1 aromatic rings. The summed E-state index contributed by atoms with van der Waals surface area (Å²) in [6.45, 7) is 2.20. The van der Waals surface area contributed by atoms with Gasteiger partial charge in [0.25, 0.3) is 0 Å². The standard InChI is InChI=1S/C18H28N2O3/c1-3-4-5-6-7-8-9-10-16(21)14-17(22)20-15-11-12-19-18(13-15)23-2/h11-13H,3-10,14H2,1-2H3,(H,19,20,22). The van der Waals surface area contributed by atoms with Crippen LogP contribution in [0.4, 0.5) is 5.69 Å². The second kappa shape index (κ2) is 11.6. The Kier molecular flexibility index (Phi) is 9.68. The molecular weight excluding hydrogens is 292 g/mol. The number of nitrogens with zero attached hydrogens (tertiary/aromatic N) is 1. The second-order valence-corrected chi connectivity index (χ2v) is 5.72. The smallest absolute Gasteiger partial charge is 0.231 e. The van der Waals surface area contributed by atoms with Crippen molar-refractivity contribution in [1.82, 2.24) is 4.98 Å². The molecule has 5 heteroatoms. The molecule has 0 atom stereocenters. The topological polar surface area (TPSA) is 68.3 Å². The van der Waals surface area contributed by atoms with Crippen LogP contribution in [0.25, 0.3) is 0 Å². The molecule has 0 radical (unpaired) electrons. The first-order chi connectivity index (χ1) is 11.2. The Morgan fingerprint density at radius 1 is 1.13 bits per heavy atom. The van der Waals surface area contributed by atoms with E-state index < -0.39 is 0 Å². The molecule has 0 saturated heterocycles. The average Bonchev–Trinajstić information content (AvgIpc) is 2.54. The first kappa shape index (κ1) is 19.1. The third-order valence-electron chi connectivity index (χ3n) is 3.64. The van der Waals surface area contributed by atoms with Crippen LogP contribution in [0.1, 0.15) is 64.7 Å². The van der Waals surface area contributed by atoms with Gasteiger partial charge in [0.15, 0.2) is 0 Å². The molecule has 0 aliphatic carbocycles. The van der Waals surface area contributed by atoms with Gasteiger partial charge in [-0.25, -0.2) is 4.98 Å². The number of carbonyl (C=O) groups is 2. The minimum absolute atomic E-state index is 0.00270. The fourth-order valence-corrected chi connectivity index (χ4v) is 2.35. The number of amides is 1. The van der Waals surface area contributed by atoms with Gasteiger partial charge in [-0.15, -0.1) is 0 Å². The lowest BCUT2D eigenvalue weighted by Crippen LogP contribution is -2.16. The Bertz CT molecular complexity index is 489. The van der Waals surface area contributed by atoms with E-state index in [1.54, 1.807) is 18.3 Å². The molecule has 128 valence electrons. The van der Waals surface area contributed by atoms with E-state index in [1.165, 1.54) is 39.2 Å². The Balaban J connectivity index is 2.17. The minimum atomic E-state index is -0.286. The maximum absolute atomic E-state index is 11.8. The van der Waals surface area contributed by atoms with E-state index in [0.717, 1.165) is 12.8 Å². The van der Waals surface area contributed by atoms with E-state index in [0.29, 0.717) is 18.0 Å². The molecule has 0 unspecified atom stereocenters. The molecule has 5 nitrogen and oxygen atoms in total. The lowest BCUT2D eigenvalue weighted by atomic mass is 10.1. The summed E-state index contributed by atoms with van der Waals surface area (Å²) in [5, 5.41) is 2.69. The van der Waals surface area contributed by atoms with Gasteiger partial charge in [0, 0.05) is 24.4 Å². The zero-order chi connectivity index (χ0) is 16.9. The molecular formula is C18H28N2O3. The van der Waals surface area contributed by atoms with Crippen molar-refractivity contribution >= 4 is 17.4 Å². The number of aromatic nitrogens is 1. The first-order valence-electron chi connectivity index (χ1n) is 8.47. The number of hydrogen-bond acceptors (Lipinski definition) is 4. The molecule has 0 aromatic carbocycles. The molecule has 1 heterocycles. The van der Waals surface area contributed by atoms with Crippen LogP contribution in [0.15, 0.2) is 18.3 Å². The highest BCUT2D eigenvalue weighted by Gasteiger charge is 2.10. The normalized spacial score (nSPS) is 10.3. The van der Waals surface area contributed by atoms with Crippen LogP contribution in [0, 0.1) is 0 Å². The molecule has 0 fully saturated rings. The SMILES string of the molecule is CCCCCCCCCC(=O)CC(=O)Nc1ccnc(OC)c1. The third-order valence-corrected chi connectivity index (χ3v) is 3.64. The van der Waals surface area contributed by atoms with Crippen LogP contribution in [-0.2, 0) is 9.59 Å². The number of unbranched alkanes of at least 4 members (excludes halogenated alkanes) is 6. The van der Waals surface area contributed by atoms with Crippen molar-refractivity contribution in [3.05, 3.63) is 18.3 Å². The third kappa shape index (κ3) is 8.96. The van der Waals surface area contributed by atoms with Crippen LogP contribution >= 0.6 is 0 Å². The Hall–Kier alpha value is -1.91. The van der Waals surface area contributed by atoms with Crippen LogP contribution in [0.3, 0.4) is 0 Å². The number of ketones is 1. The van der Waals surface area contributed by atoms with Gasteiger partial charge in [0.05, 0.1) is 13.5 Å². The molecule has 1 aromatic heterocycles. The Morgan fingerprint density at radius 2 is 1.83 bits per heavy atom. The Morgan fingerprint density at radius 3 is 2.52 bits per heavy atom. The van der Waals surface area contributed by atoms with Crippen molar-refractivity contribution in [3.8, 4) is 5.88 Å². The van der Waals surface area contributed by atoms with Crippen molar-refractivity contribution < 1.29 is 14.3 Å². The molecule has 1 N–H and O–H groups in total. The summed E-state index contributed by atoms with van der Waals surface area (Å²) in [5.74, 6) is 0.139. The summed E-state index contributed by atoms with van der Waals surface area (Å²) in [5.41, 5.74) is 0.588. The zero-order valence-electron chi connectivity index (χ0n) is 14.3. The number of nitrogens with one attached hydrogen (secondary N) is 1. The molecule has 0 aliphatic heterocycles. The first-order valence-corrected chi connectivity index (χ1v) is 8.47. The fourth-order valence-electron chi connectivity index (χ4n) is 2.35. The number of Topliss-reactive ketones (excluding diaryl/α,β-unsaturated/α-hetero) is 1. The highest BCUT2D eigenvalue weighted by Crippen LogP contribution is 2.14. The summed E-state index contributed by atoms with van der Waals surface area (Å²) in [6.07, 6.45) is 10.1. The maximum atomic E-state index is 11.8. The van der Waals surface area contributed by atoms with Gasteiger partial charge in [-0.1, -0.05) is 45.4 Å². The summed E-state index contributed by atoms with van der Waals surface area (Å²) in [6, 6.07) is 3.29. The number of hydrogen-bond donors (Lipinski definition) is 1. The second-order valence-electron chi connectivity index (χ2n) is 5.72.